The molecule has 1 saturated heterocycles. The van der Waals surface area contributed by atoms with E-state index in [1.165, 1.54) is 12.0 Å². The predicted octanol–water partition coefficient (Wildman–Crippen LogP) is 2.56. The van der Waals surface area contributed by atoms with Crippen molar-refractivity contribution in [1.82, 2.24) is 25.0 Å². The number of aromatic nitrogens is 4. The fourth-order valence-corrected chi connectivity index (χ4v) is 2.97. The summed E-state index contributed by atoms with van der Waals surface area (Å²) < 4.78 is 5.38. The second kappa shape index (κ2) is 6.88. The molecule has 6 heteroatoms. The predicted molar refractivity (Wildman–Crippen MR) is 89.3 cm³/mol. The molecule has 0 aliphatic carbocycles. The van der Waals surface area contributed by atoms with E-state index in [0.717, 1.165) is 26.1 Å². The third kappa shape index (κ3) is 3.33. The Labute approximate surface area is 140 Å². The molecule has 2 aromatic heterocycles. The number of hydrogen-bond acceptors (Lipinski definition) is 6. The van der Waals surface area contributed by atoms with Gasteiger partial charge in [0.2, 0.25) is 17.5 Å². The van der Waals surface area contributed by atoms with E-state index in [9.17, 15) is 0 Å². The Kier molecular flexibility index (Phi) is 4.29. The van der Waals surface area contributed by atoms with Crippen LogP contribution in [0.3, 0.4) is 0 Å². The lowest BCUT2D eigenvalue weighted by Crippen LogP contribution is -2.45. The third-order valence-corrected chi connectivity index (χ3v) is 4.30. The first-order chi connectivity index (χ1) is 11.9. The van der Waals surface area contributed by atoms with Crippen molar-refractivity contribution in [3.05, 3.63) is 60.2 Å². The van der Waals surface area contributed by atoms with Crippen molar-refractivity contribution in [2.45, 2.75) is 18.8 Å². The lowest BCUT2D eigenvalue weighted by molar-refractivity contribution is 0.124. The summed E-state index contributed by atoms with van der Waals surface area (Å²) in [5.41, 5.74) is 1.40. The summed E-state index contributed by atoms with van der Waals surface area (Å²) in [4.78, 5) is 15.1. The average Bonchev–Trinajstić information content (AvgIpc) is 3.08. The molecule has 122 valence electrons. The number of hydrogen-bond donors (Lipinski definition) is 0. The minimum absolute atomic E-state index is 0.326. The first-order valence-corrected chi connectivity index (χ1v) is 8.26. The van der Waals surface area contributed by atoms with Gasteiger partial charge in [-0.1, -0.05) is 35.5 Å². The van der Waals surface area contributed by atoms with Gasteiger partial charge in [-0.15, -0.1) is 0 Å². The van der Waals surface area contributed by atoms with Gasteiger partial charge in [-0.05, 0) is 31.0 Å². The van der Waals surface area contributed by atoms with E-state index >= 15 is 0 Å². The Hall–Kier alpha value is -2.60. The van der Waals surface area contributed by atoms with Crippen molar-refractivity contribution in [2.75, 3.05) is 19.6 Å². The molecular weight excluding hydrogens is 302 g/mol. The molecule has 3 heterocycles. The third-order valence-electron chi connectivity index (χ3n) is 4.30. The second-order valence-electron chi connectivity index (χ2n) is 6.07. The van der Waals surface area contributed by atoms with E-state index in [1.807, 2.05) is 0 Å². The highest BCUT2D eigenvalue weighted by Gasteiger charge is 2.32. The van der Waals surface area contributed by atoms with E-state index in [1.54, 1.807) is 18.5 Å². The second-order valence-corrected chi connectivity index (χ2v) is 6.07. The topological polar surface area (TPSA) is 67.9 Å². The zero-order chi connectivity index (χ0) is 16.2. The van der Waals surface area contributed by atoms with Gasteiger partial charge in [0.1, 0.15) is 0 Å². The number of aryl methyl sites for hydroxylation is 1. The molecule has 0 spiro atoms. The van der Waals surface area contributed by atoms with Gasteiger partial charge in [0, 0.05) is 25.5 Å². The SMILES string of the molecule is c1ccc(CCCN2CC(c3nc(-c4ncccn4)no3)C2)cc1. The van der Waals surface area contributed by atoms with Crippen molar-refractivity contribution in [3.8, 4) is 11.6 Å². The minimum atomic E-state index is 0.326. The van der Waals surface area contributed by atoms with Crippen LogP contribution in [0, 0.1) is 0 Å². The molecule has 3 aromatic rings. The standard InChI is InChI=1S/C18H19N5O/c1-2-6-14(7-3-1)8-4-11-23-12-15(13-23)18-21-17(22-24-18)16-19-9-5-10-20-16/h1-3,5-7,9-10,15H,4,8,11-13H2. The number of nitrogens with zero attached hydrogens (tertiary/aromatic N) is 5. The summed E-state index contributed by atoms with van der Waals surface area (Å²) in [5, 5.41) is 3.99. The lowest BCUT2D eigenvalue weighted by atomic mass is 9.99. The molecule has 1 aliphatic rings. The molecule has 0 bridgehead atoms. The molecule has 1 aromatic carbocycles. The Morgan fingerprint density at radius 3 is 2.58 bits per heavy atom. The molecule has 4 rings (SSSR count). The molecule has 0 atom stereocenters. The van der Waals surface area contributed by atoms with E-state index in [-0.39, 0.29) is 0 Å². The summed E-state index contributed by atoms with van der Waals surface area (Å²) in [6, 6.07) is 12.4. The smallest absolute Gasteiger partial charge is 0.240 e. The highest BCUT2D eigenvalue weighted by atomic mass is 16.5. The molecule has 1 aliphatic heterocycles. The van der Waals surface area contributed by atoms with E-state index in [4.69, 9.17) is 4.52 Å². The van der Waals surface area contributed by atoms with Crippen LogP contribution in [0.1, 0.15) is 23.8 Å². The largest absolute Gasteiger partial charge is 0.338 e. The summed E-state index contributed by atoms with van der Waals surface area (Å²) in [6.07, 6.45) is 5.65. The van der Waals surface area contributed by atoms with Gasteiger partial charge in [0.05, 0.1) is 5.92 Å². The summed E-state index contributed by atoms with van der Waals surface area (Å²) in [6.45, 7) is 3.06. The number of likely N-dealkylation sites (tertiary alicyclic amines) is 1. The Balaban J connectivity index is 1.25. The summed E-state index contributed by atoms with van der Waals surface area (Å²) >= 11 is 0. The van der Waals surface area contributed by atoms with Gasteiger partial charge in [0.15, 0.2) is 0 Å². The minimum Gasteiger partial charge on any atom is -0.338 e. The van der Waals surface area contributed by atoms with Crippen LogP contribution in [0.2, 0.25) is 0 Å². The van der Waals surface area contributed by atoms with Crippen molar-refractivity contribution >= 4 is 0 Å². The number of rotatable bonds is 6. The molecular formula is C18H19N5O. The summed E-state index contributed by atoms with van der Waals surface area (Å²) in [5.74, 6) is 1.99. The van der Waals surface area contributed by atoms with Gasteiger partial charge in [-0.2, -0.15) is 4.98 Å². The van der Waals surface area contributed by atoms with Gasteiger partial charge >= 0.3 is 0 Å². The summed E-state index contributed by atoms with van der Waals surface area (Å²) in [7, 11) is 0. The molecule has 0 unspecified atom stereocenters. The maximum Gasteiger partial charge on any atom is 0.240 e. The quantitative estimate of drug-likeness (QED) is 0.695. The maximum absolute atomic E-state index is 5.38. The van der Waals surface area contributed by atoms with Gasteiger partial charge in [-0.25, -0.2) is 9.97 Å². The van der Waals surface area contributed by atoms with Gasteiger partial charge in [0.25, 0.3) is 0 Å². The average molecular weight is 321 g/mol. The van der Waals surface area contributed by atoms with Crippen LogP contribution < -0.4 is 0 Å². The number of benzene rings is 1. The van der Waals surface area contributed by atoms with Crippen LogP contribution >= 0.6 is 0 Å². The normalized spacial score (nSPS) is 15.3. The molecule has 0 amide bonds. The molecule has 0 N–H and O–H groups in total. The van der Waals surface area contributed by atoms with Crippen molar-refractivity contribution in [2.24, 2.45) is 0 Å². The fourth-order valence-electron chi connectivity index (χ4n) is 2.97. The van der Waals surface area contributed by atoms with Crippen LogP contribution in [0.4, 0.5) is 0 Å². The van der Waals surface area contributed by atoms with Crippen LogP contribution in [0.15, 0.2) is 53.3 Å². The monoisotopic (exact) mass is 321 g/mol. The molecule has 0 saturated carbocycles. The van der Waals surface area contributed by atoms with E-state index in [0.29, 0.717) is 23.5 Å². The van der Waals surface area contributed by atoms with Crippen molar-refractivity contribution < 1.29 is 4.52 Å². The highest BCUT2D eigenvalue weighted by Crippen LogP contribution is 2.27. The van der Waals surface area contributed by atoms with Crippen molar-refractivity contribution in [1.29, 1.82) is 0 Å². The molecule has 6 nitrogen and oxygen atoms in total. The molecule has 0 radical (unpaired) electrons. The zero-order valence-electron chi connectivity index (χ0n) is 13.4. The molecule has 24 heavy (non-hydrogen) atoms. The van der Waals surface area contributed by atoms with Crippen LogP contribution in [-0.4, -0.2) is 44.6 Å². The van der Waals surface area contributed by atoms with Gasteiger partial charge in [-0.3, -0.25) is 0 Å². The van der Waals surface area contributed by atoms with E-state index < -0.39 is 0 Å². The Morgan fingerprint density at radius 1 is 1.00 bits per heavy atom. The lowest BCUT2D eigenvalue weighted by Gasteiger charge is -2.37. The highest BCUT2D eigenvalue weighted by molar-refractivity contribution is 5.40. The van der Waals surface area contributed by atoms with Crippen molar-refractivity contribution in [3.63, 3.8) is 0 Å². The fraction of sp³-hybridized carbons (Fsp3) is 0.333. The van der Waals surface area contributed by atoms with Crippen LogP contribution in [0.5, 0.6) is 0 Å². The Morgan fingerprint density at radius 2 is 1.79 bits per heavy atom. The first-order valence-electron chi connectivity index (χ1n) is 8.26. The maximum atomic E-state index is 5.38. The zero-order valence-corrected chi connectivity index (χ0v) is 13.4. The first kappa shape index (κ1) is 15.0. The van der Waals surface area contributed by atoms with E-state index in [2.05, 4.69) is 55.3 Å². The molecule has 1 fully saturated rings. The van der Waals surface area contributed by atoms with Gasteiger partial charge < -0.3 is 9.42 Å². The Bertz CT molecular complexity index is 768. The van der Waals surface area contributed by atoms with Crippen LogP contribution in [0.25, 0.3) is 11.6 Å². The van der Waals surface area contributed by atoms with Crippen LogP contribution in [-0.2, 0) is 6.42 Å².